The van der Waals surface area contributed by atoms with Crippen LogP contribution in [-0.2, 0) is 9.59 Å². The molecular formula is C24H22F2N4O3. The Morgan fingerprint density at radius 1 is 1.18 bits per heavy atom. The Kier molecular flexibility index (Phi) is 6.09. The molecule has 2 aromatic rings. The molecule has 1 spiro atoms. The molecule has 0 unspecified atom stereocenters. The van der Waals surface area contributed by atoms with Crippen molar-refractivity contribution in [3.63, 3.8) is 0 Å². The van der Waals surface area contributed by atoms with Crippen molar-refractivity contribution in [2.45, 2.75) is 37.8 Å². The monoisotopic (exact) mass is 452 g/mol. The first-order valence-corrected chi connectivity index (χ1v) is 10.6. The molecule has 2 aliphatic rings. The van der Waals surface area contributed by atoms with E-state index in [0.717, 1.165) is 38.5 Å². The lowest BCUT2D eigenvalue weighted by Crippen LogP contribution is -2.51. The Hall–Kier alpha value is -3.80. The number of benzene rings is 2. The minimum atomic E-state index is -0.944. The number of carbonyl (C=O) groups excluding carboxylic acids is 2. The van der Waals surface area contributed by atoms with Gasteiger partial charge in [-0.3, -0.25) is 14.6 Å². The number of anilines is 1. The van der Waals surface area contributed by atoms with Crippen LogP contribution < -0.4 is 10.1 Å². The smallest absolute Gasteiger partial charge is 0.275 e. The van der Waals surface area contributed by atoms with Gasteiger partial charge in [-0.1, -0.05) is 18.6 Å². The minimum Gasteiger partial charge on any atom is -0.491 e. The fraction of sp³-hybridized carbons (Fsp3) is 0.333. The van der Waals surface area contributed by atoms with Gasteiger partial charge in [0, 0.05) is 23.4 Å². The van der Waals surface area contributed by atoms with Crippen LogP contribution in [0.4, 0.5) is 14.5 Å². The molecule has 1 aliphatic carbocycles. The van der Waals surface area contributed by atoms with Gasteiger partial charge in [0.15, 0.2) is 17.4 Å². The topological polar surface area (TPSA) is 94.8 Å². The van der Waals surface area contributed by atoms with Crippen molar-refractivity contribution in [1.82, 2.24) is 4.90 Å². The van der Waals surface area contributed by atoms with Crippen molar-refractivity contribution in [1.29, 1.82) is 5.26 Å². The summed E-state index contributed by atoms with van der Waals surface area (Å²) in [4.78, 5) is 32.3. The van der Waals surface area contributed by atoms with Crippen molar-refractivity contribution in [2.75, 3.05) is 19.0 Å². The summed E-state index contributed by atoms with van der Waals surface area (Å²) in [6.45, 7) is -0.308. The first kappa shape index (κ1) is 22.4. The van der Waals surface area contributed by atoms with E-state index in [4.69, 9.17) is 10.3 Å². The van der Waals surface area contributed by atoms with Gasteiger partial charge >= 0.3 is 0 Å². The summed E-state index contributed by atoms with van der Waals surface area (Å²) in [5, 5.41) is 11.5. The van der Waals surface area contributed by atoms with Crippen LogP contribution in [0, 0.1) is 23.0 Å². The van der Waals surface area contributed by atoms with E-state index in [9.17, 15) is 18.4 Å². The van der Waals surface area contributed by atoms with Crippen LogP contribution in [0.1, 0.15) is 43.2 Å². The normalized spacial score (nSPS) is 17.0. The van der Waals surface area contributed by atoms with E-state index in [1.165, 1.54) is 4.90 Å². The maximum absolute atomic E-state index is 14.0. The lowest BCUT2D eigenvalue weighted by molar-refractivity contribution is -0.134. The van der Waals surface area contributed by atoms with Gasteiger partial charge in [-0.2, -0.15) is 5.26 Å². The fourth-order valence-corrected chi connectivity index (χ4v) is 4.41. The number of hydrogen-bond acceptors (Lipinski definition) is 5. The number of methoxy groups -OCH3 is 1. The van der Waals surface area contributed by atoms with Gasteiger partial charge in [0.2, 0.25) is 5.91 Å². The van der Waals surface area contributed by atoms with Gasteiger partial charge in [0.25, 0.3) is 5.91 Å². The minimum absolute atomic E-state index is 0.0756. The zero-order valence-corrected chi connectivity index (χ0v) is 18.0. The summed E-state index contributed by atoms with van der Waals surface area (Å²) in [5.74, 6) is -3.40. The van der Waals surface area contributed by atoms with Crippen LogP contribution in [0.25, 0.3) is 0 Å². The summed E-state index contributed by atoms with van der Waals surface area (Å²) >= 11 is 0. The lowest BCUT2D eigenvalue weighted by atomic mass is 9.88. The molecule has 0 aromatic heterocycles. The number of rotatable bonds is 5. The van der Waals surface area contributed by atoms with Crippen molar-refractivity contribution in [3.8, 4) is 11.8 Å². The molecule has 7 nitrogen and oxygen atoms in total. The molecule has 1 N–H and O–H groups in total. The maximum atomic E-state index is 14.0. The van der Waals surface area contributed by atoms with Crippen LogP contribution in [0.5, 0.6) is 5.75 Å². The zero-order chi connectivity index (χ0) is 23.6. The SMILES string of the molecule is COc1c(F)cc(NC(=O)CN2C(=O)C(c3ccc(C#N)cc3)=NC23CCCCC3)cc1F. The number of nitrogens with one attached hydrogen (secondary N) is 1. The number of nitrogens with zero attached hydrogens (tertiary/aromatic N) is 3. The highest BCUT2D eigenvalue weighted by Crippen LogP contribution is 2.39. The van der Waals surface area contributed by atoms with Crippen LogP contribution in [-0.4, -0.2) is 41.7 Å². The van der Waals surface area contributed by atoms with E-state index in [1.54, 1.807) is 24.3 Å². The van der Waals surface area contributed by atoms with Crippen molar-refractivity contribution in [2.24, 2.45) is 4.99 Å². The average Bonchev–Trinajstić information content (AvgIpc) is 3.05. The first-order valence-electron chi connectivity index (χ1n) is 10.6. The molecule has 1 heterocycles. The summed E-state index contributed by atoms with van der Waals surface area (Å²) in [5.41, 5.74) is 0.384. The third-order valence-corrected chi connectivity index (χ3v) is 6.00. The van der Waals surface area contributed by atoms with E-state index >= 15 is 0 Å². The summed E-state index contributed by atoms with van der Waals surface area (Å²) in [6.07, 6.45) is 3.99. The van der Waals surface area contributed by atoms with Gasteiger partial charge in [0.1, 0.15) is 17.9 Å². The van der Waals surface area contributed by atoms with Gasteiger partial charge in [0.05, 0.1) is 18.7 Å². The number of ether oxygens (including phenoxy) is 1. The third kappa shape index (κ3) is 4.29. The molecule has 33 heavy (non-hydrogen) atoms. The predicted octanol–water partition coefficient (Wildman–Crippen LogP) is 3.78. The number of carbonyl (C=O) groups is 2. The van der Waals surface area contributed by atoms with Crippen LogP contribution in [0.2, 0.25) is 0 Å². The van der Waals surface area contributed by atoms with Gasteiger partial charge in [-0.05, 0) is 37.8 Å². The number of aliphatic imine (C=N–C) groups is 1. The molecule has 1 saturated carbocycles. The quantitative estimate of drug-likeness (QED) is 0.747. The second-order valence-corrected chi connectivity index (χ2v) is 8.11. The maximum Gasteiger partial charge on any atom is 0.275 e. The largest absolute Gasteiger partial charge is 0.491 e. The predicted molar refractivity (Wildman–Crippen MR) is 117 cm³/mol. The molecule has 9 heteroatoms. The van der Waals surface area contributed by atoms with Crippen LogP contribution in [0.15, 0.2) is 41.4 Å². The van der Waals surface area contributed by atoms with E-state index in [1.807, 2.05) is 6.07 Å². The average molecular weight is 452 g/mol. The van der Waals surface area contributed by atoms with Crippen molar-refractivity contribution < 1.29 is 23.1 Å². The van der Waals surface area contributed by atoms with Crippen LogP contribution >= 0.6 is 0 Å². The number of halogens is 2. The van der Waals surface area contributed by atoms with Gasteiger partial charge in [-0.15, -0.1) is 0 Å². The Labute approximate surface area is 189 Å². The molecule has 2 amide bonds. The Bertz CT molecular complexity index is 1140. The number of nitriles is 1. The molecular weight excluding hydrogens is 430 g/mol. The highest BCUT2D eigenvalue weighted by Gasteiger charge is 2.48. The summed E-state index contributed by atoms with van der Waals surface area (Å²) < 4.78 is 32.6. The molecule has 1 fully saturated rings. The molecule has 170 valence electrons. The van der Waals surface area contributed by atoms with Gasteiger partial charge < -0.3 is 15.0 Å². The Morgan fingerprint density at radius 2 is 1.82 bits per heavy atom. The van der Waals surface area contributed by atoms with Crippen molar-refractivity contribution in [3.05, 3.63) is 59.2 Å². The van der Waals surface area contributed by atoms with Crippen molar-refractivity contribution >= 4 is 23.2 Å². The van der Waals surface area contributed by atoms with Crippen LogP contribution in [0.3, 0.4) is 0 Å². The Morgan fingerprint density at radius 3 is 2.39 bits per heavy atom. The summed E-state index contributed by atoms with van der Waals surface area (Å²) in [7, 11) is 1.15. The highest BCUT2D eigenvalue weighted by molar-refractivity contribution is 6.47. The second-order valence-electron chi connectivity index (χ2n) is 8.11. The molecule has 0 bridgehead atoms. The molecule has 0 atom stereocenters. The third-order valence-electron chi connectivity index (χ3n) is 6.00. The Balaban J connectivity index is 1.57. The molecule has 0 radical (unpaired) electrons. The highest BCUT2D eigenvalue weighted by atomic mass is 19.1. The molecule has 2 aromatic carbocycles. The lowest BCUT2D eigenvalue weighted by Gasteiger charge is -2.38. The zero-order valence-electron chi connectivity index (χ0n) is 18.0. The number of amides is 2. The molecule has 4 rings (SSSR count). The first-order chi connectivity index (χ1) is 15.9. The fourth-order valence-electron chi connectivity index (χ4n) is 4.41. The molecule has 1 aliphatic heterocycles. The summed E-state index contributed by atoms with van der Waals surface area (Å²) in [6, 6.07) is 10.5. The van der Waals surface area contributed by atoms with E-state index in [0.29, 0.717) is 24.0 Å². The van der Waals surface area contributed by atoms with E-state index in [2.05, 4.69) is 10.1 Å². The van der Waals surface area contributed by atoms with E-state index < -0.39 is 29.0 Å². The van der Waals surface area contributed by atoms with Gasteiger partial charge in [-0.25, -0.2) is 8.78 Å². The molecule has 0 saturated heterocycles. The standard InChI is InChI=1S/C24H22F2N4O3/c1-33-22-18(25)11-17(12-19(22)26)28-20(31)14-30-23(32)21(16-7-5-15(13-27)6-8-16)29-24(30)9-3-2-4-10-24/h5-8,11-12H,2-4,9-10,14H2,1H3,(H,28,31). The number of hydrogen-bond donors (Lipinski definition) is 1. The van der Waals surface area contributed by atoms with E-state index in [-0.39, 0.29) is 23.9 Å². The second kappa shape index (κ2) is 8.98.